The van der Waals surface area contributed by atoms with Crippen molar-refractivity contribution in [3.63, 3.8) is 0 Å². The monoisotopic (exact) mass is 230 g/mol. The molecule has 0 aromatic heterocycles. The van der Waals surface area contributed by atoms with E-state index in [-0.39, 0.29) is 12.1 Å². The van der Waals surface area contributed by atoms with Gasteiger partial charge in [-0.1, -0.05) is 43.2 Å². The molecule has 0 saturated carbocycles. The number of benzene rings is 1. The predicted octanol–water partition coefficient (Wildman–Crippen LogP) is 2.96. The van der Waals surface area contributed by atoms with Gasteiger partial charge < -0.3 is 4.74 Å². The van der Waals surface area contributed by atoms with Gasteiger partial charge in [0.1, 0.15) is 0 Å². The highest BCUT2D eigenvalue weighted by atomic mass is 16.5. The molecule has 0 N–H and O–H groups in total. The molecule has 0 fully saturated rings. The molecule has 0 amide bonds. The minimum Gasteiger partial charge on any atom is -0.449 e. The molecule has 1 rings (SSSR count). The second-order valence-corrected chi connectivity index (χ2v) is 3.77. The van der Waals surface area contributed by atoms with Gasteiger partial charge in [0, 0.05) is 6.42 Å². The average Bonchev–Trinajstić information content (AvgIpc) is 2.37. The van der Waals surface area contributed by atoms with E-state index in [9.17, 15) is 4.79 Å². The van der Waals surface area contributed by atoms with Gasteiger partial charge in [-0.2, -0.15) is 0 Å². The summed E-state index contributed by atoms with van der Waals surface area (Å²) >= 11 is 0. The van der Waals surface area contributed by atoms with Crippen molar-refractivity contribution in [1.82, 2.24) is 0 Å². The molecular weight excluding hydrogens is 212 g/mol. The molecule has 17 heavy (non-hydrogen) atoms. The summed E-state index contributed by atoms with van der Waals surface area (Å²) in [6, 6.07) is 9.93. The molecule has 1 aromatic rings. The fourth-order valence-electron chi connectivity index (χ4n) is 1.48. The topological polar surface area (TPSA) is 26.3 Å². The number of hydrogen-bond acceptors (Lipinski definition) is 2. The Morgan fingerprint density at radius 2 is 2.06 bits per heavy atom. The van der Waals surface area contributed by atoms with Crippen LogP contribution in [0.15, 0.2) is 30.3 Å². The molecule has 0 aliphatic rings. The number of rotatable bonds is 5. The van der Waals surface area contributed by atoms with E-state index < -0.39 is 0 Å². The third kappa shape index (κ3) is 5.21. The molecule has 0 bridgehead atoms. The van der Waals surface area contributed by atoms with Crippen molar-refractivity contribution in [3.8, 4) is 11.8 Å². The summed E-state index contributed by atoms with van der Waals surface area (Å²) in [7, 11) is 0. The van der Waals surface area contributed by atoms with Gasteiger partial charge in [0.2, 0.25) is 0 Å². The van der Waals surface area contributed by atoms with Gasteiger partial charge in [-0.15, -0.1) is 5.92 Å². The first kappa shape index (κ1) is 13.3. The molecule has 1 unspecified atom stereocenters. The average molecular weight is 230 g/mol. The molecule has 1 aromatic carbocycles. The first-order chi connectivity index (χ1) is 8.26. The molecule has 0 aliphatic heterocycles. The Balaban J connectivity index is 2.36. The van der Waals surface area contributed by atoms with Crippen molar-refractivity contribution in [2.45, 2.75) is 39.2 Å². The van der Waals surface area contributed by atoms with Crippen molar-refractivity contribution in [2.24, 2.45) is 0 Å². The van der Waals surface area contributed by atoms with E-state index in [4.69, 9.17) is 4.74 Å². The normalized spacial score (nSPS) is 11.2. The zero-order chi connectivity index (χ0) is 12.5. The van der Waals surface area contributed by atoms with Crippen LogP contribution in [0.25, 0.3) is 0 Å². The molecule has 0 heterocycles. The quantitative estimate of drug-likeness (QED) is 0.574. The predicted molar refractivity (Wildman–Crippen MR) is 68.4 cm³/mol. The number of carbonyl (C=O) groups excluding carboxylic acids is 1. The molecule has 0 radical (unpaired) electrons. The zero-order valence-corrected chi connectivity index (χ0v) is 10.4. The van der Waals surface area contributed by atoms with Crippen LogP contribution in [0.5, 0.6) is 0 Å². The summed E-state index contributed by atoms with van der Waals surface area (Å²) in [5.74, 6) is 5.46. The van der Waals surface area contributed by atoms with Gasteiger partial charge in [0.25, 0.3) is 0 Å². The fraction of sp³-hybridized carbons (Fsp3) is 0.400. The molecule has 0 aliphatic carbocycles. The third-order valence-electron chi connectivity index (χ3n) is 2.41. The second-order valence-electron chi connectivity index (χ2n) is 3.77. The third-order valence-corrected chi connectivity index (χ3v) is 2.41. The first-order valence-corrected chi connectivity index (χ1v) is 5.92. The number of carbonyl (C=O) groups is 1. The summed E-state index contributed by atoms with van der Waals surface area (Å²) in [5.41, 5.74) is 1.15. The van der Waals surface area contributed by atoms with Crippen LogP contribution in [-0.4, -0.2) is 12.1 Å². The van der Waals surface area contributed by atoms with Gasteiger partial charge >= 0.3 is 5.97 Å². The van der Waals surface area contributed by atoms with Crippen molar-refractivity contribution in [2.75, 3.05) is 0 Å². The van der Waals surface area contributed by atoms with Gasteiger partial charge in [0.05, 0.1) is 0 Å². The Morgan fingerprint density at radius 1 is 1.35 bits per heavy atom. The SMILES string of the molecule is CC#CC(CC)OC(=O)CCc1ccccc1. The van der Waals surface area contributed by atoms with E-state index >= 15 is 0 Å². The summed E-state index contributed by atoms with van der Waals surface area (Å²) in [4.78, 5) is 11.6. The standard InChI is InChI=1S/C15H18O2/c1-3-8-14(4-2)17-15(16)12-11-13-9-6-5-7-10-13/h5-7,9-10,14H,4,11-12H2,1-2H3. The number of hydrogen-bond donors (Lipinski definition) is 0. The smallest absolute Gasteiger partial charge is 0.307 e. The lowest BCUT2D eigenvalue weighted by molar-refractivity contribution is -0.146. The largest absolute Gasteiger partial charge is 0.449 e. The highest BCUT2D eigenvalue weighted by Gasteiger charge is 2.09. The van der Waals surface area contributed by atoms with Gasteiger partial charge in [-0.05, 0) is 25.3 Å². The van der Waals surface area contributed by atoms with Gasteiger partial charge in [-0.3, -0.25) is 4.79 Å². The lowest BCUT2D eigenvalue weighted by Gasteiger charge is -2.09. The zero-order valence-electron chi connectivity index (χ0n) is 10.4. The number of esters is 1. The Bertz CT molecular complexity index is 398. The number of aryl methyl sites for hydroxylation is 1. The summed E-state index contributed by atoms with van der Waals surface area (Å²) < 4.78 is 5.25. The summed E-state index contributed by atoms with van der Waals surface area (Å²) in [5, 5.41) is 0. The lowest BCUT2D eigenvalue weighted by Crippen LogP contribution is -2.16. The number of ether oxygens (including phenoxy) is 1. The molecule has 0 spiro atoms. The molecule has 2 heteroatoms. The molecule has 90 valence electrons. The molecular formula is C15H18O2. The van der Waals surface area contributed by atoms with Crippen LogP contribution in [0, 0.1) is 11.8 Å². The fourth-order valence-corrected chi connectivity index (χ4v) is 1.48. The van der Waals surface area contributed by atoms with E-state index in [2.05, 4.69) is 11.8 Å². The lowest BCUT2D eigenvalue weighted by atomic mass is 10.1. The van der Waals surface area contributed by atoms with Crippen LogP contribution in [-0.2, 0) is 16.0 Å². The van der Waals surface area contributed by atoms with Crippen molar-refractivity contribution >= 4 is 5.97 Å². The van der Waals surface area contributed by atoms with E-state index in [0.717, 1.165) is 18.4 Å². The maximum atomic E-state index is 11.6. The van der Waals surface area contributed by atoms with Crippen molar-refractivity contribution < 1.29 is 9.53 Å². The summed E-state index contributed by atoms with van der Waals surface area (Å²) in [6.07, 6.45) is 1.60. The van der Waals surface area contributed by atoms with Crippen LogP contribution in [0.1, 0.15) is 32.3 Å². The summed E-state index contributed by atoms with van der Waals surface area (Å²) in [6.45, 7) is 3.71. The van der Waals surface area contributed by atoms with Crippen LogP contribution < -0.4 is 0 Å². The Hall–Kier alpha value is -1.75. The molecule has 0 saturated heterocycles. The Labute approximate surface area is 103 Å². The van der Waals surface area contributed by atoms with E-state index in [0.29, 0.717) is 6.42 Å². The minimum absolute atomic E-state index is 0.177. The Morgan fingerprint density at radius 3 is 2.65 bits per heavy atom. The van der Waals surface area contributed by atoms with E-state index in [1.54, 1.807) is 6.92 Å². The maximum Gasteiger partial charge on any atom is 0.307 e. The van der Waals surface area contributed by atoms with Crippen molar-refractivity contribution in [1.29, 1.82) is 0 Å². The van der Waals surface area contributed by atoms with E-state index in [1.165, 1.54) is 0 Å². The highest BCUT2D eigenvalue weighted by Crippen LogP contribution is 2.05. The second kappa shape index (κ2) is 7.51. The molecule has 1 atom stereocenters. The van der Waals surface area contributed by atoms with Crippen LogP contribution in [0.3, 0.4) is 0 Å². The highest BCUT2D eigenvalue weighted by molar-refractivity contribution is 5.70. The van der Waals surface area contributed by atoms with Crippen molar-refractivity contribution in [3.05, 3.63) is 35.9 Å². The van der Waals surface area contributed by atoms with E-state index in [1.807, 2.05) is 37.3 Å². The van der Waals surface area contributed by atoms with Gasteiger partial charge in [-0.25, -0.2) is 0 Å². The van der Waals surface area contributed by atoms with Crippen LogP contribution >= 0.6 is 0 Å². The first-order valence-electron chi connectivity index (χ1n) is 5.92. The Kier molecular flexibility index (Phi) is 5.88. The van der Waals surface area contributed by atoms with Crippen LogP contribution in [0.2, 0.25) is 0 Å². The van der Waals surface area contributed by atoms with Crippen LogP contribution in [0.4, 0.5) is 0 Å². The molecule has 2 nitrogen and oxygen atoms in total. The maximum absolute atomic E-state index is 11.6. The minimum atomic E-state index is -0.261. The van der Waals surface area contributed by atoms with Gasteiger partial charge in [0.15, 0.2) is 6.10 Å².